The normalized spacial score (nSPS) is 32.3. The maximum absolute atomic E-state index is 5.62. The largest absolute Gasteiger partial charge is 0.376 e. The molecule has 0 amide bonds. The van der Waals surface area contributed by atoms with Crippen molar-refractivity contribution in [3.8, 4) is 0 Å². The number of rotatable bonds is 5. The van der Waals surface area contributed by atoms with Gasteiger partial charge < -0.3 is 20.1 Å². The van der Waals surface area contributed by atoms with Crippen LogP contribution in [0.3, 0.4) is 0 Å². The quantitative estimate of drug-likeness (QED) is 0.752. The summed E-state index contributed by atoms with van der Waals surface area (Å²) in [7, 11) is 0. The van der Waals surface area contributed by atoms with Crippen molar-refractivity contribution in [2.24, 2.45) is 0 Å². The monoisotopic (exact) mass is 242 g/mol. The third kappa shape index (κ3) is 4.92. The van der Waals surface area contributed by atoms with Crippen LogP contribution in [-0.2, 0) is 9.47 Å². The lowest BCUT2D eigenvalue weighted by molar-refractivity contribution is -0.0870. The second-order valence-corrected chi connectivity index (χ2v) is 5.26. The molecule has 2 aliphatic rings. The SMILES string of the molecule is CC(CC1CCCCN1)NCC1COCCO1. The van der Waals surface area contributed by atoms with Gasteiger partial charge in [0.05, 0.1) is 25.9 Å². The lowest BCUT2D eigenvalue weighted by Crippen LogP contribution is -2.44. The van der Waals surface area contributed by atoms with E-state index in [2.05, 4.69) is 17.6 Å². The van der Waals surface area contributed by atoms with E-state index in [1.165, 1.54) is 32.2 Å². The van der Waals surface area contributed by atoms with Crippen molar-refractivity contribution >= 4 is 0 Å². The Morgan fingerprint density at radius 1 is 1.35 bits per heavy atom. The van der Waals surface area contributed by atoms with Gasteiger partial charge in [0, 0.05) is 18.6 Å². The number of piperidine rings is 1. The molecule has 100 valence electrons. The smallest absolute Gasteiger partial charge is 0.0933 e. The zero-order valence-corrected chi connectivity index (χ0v) is 10.9. The van der Waals surface area contributed by atoms with E-state index in [-0.39, 0.29) is 6.10 Å². The van der Waals surface area contributed by atoms with E-state index in [4.69, 9.17) is 9.47 Å². The van der Waals surface area contributed by atoms with Gasteiger partial charge in [0.15, 0.2) is 0 Å². The third-order valence-electron chi connectivity index (χ3n) is 3.63. The van der Waals surface area contributed by atoms with Crippen molar-refractivity contribution < 1.29 is 9.47 Å². The summed E-state index contributed by atoms with van der Waals surface area (Å²) in [6, 6.07) is 1.26. The van der Waals surface area contributed by atoms with E-state index >= 15 is 0 Å². The van der Waals surface area contributed by atoms with Crippen LogP contribution >= 0.6 is 0 Å². The molecule has 4 nitrogen and oxygen atoms in total. The van der Waals surface area contributed by atoms with Crippen LogP contribution in [0.5, 0.6) is 0 Å². The Morgan fingerprint density at radius 2 is 2.29 bits per heavy atom. The first-order chi connectivity index (χ1) is 8.34. The minimum absolute atomic E-state index is 0.241. The molecular formula is C13H26N2O2. The highest BCUT2D eigenvalue weighted by Gasteiger charge is 2.18. The molecule has 0 aromatic rings. The molecule has 17 heavy (non-hydrogen) atoms. The molecule has 2 heterocycles. The van der Waals surface area contributed by atoms with Gasteiger partial charge in [-0.15, -0.1) is 0 Å². The van der Waals surface area contributed by atoms with E-state index in [0.29, 0.717) is 12.1 Å². The van der Waals surface area contributed by atoms with Gasteiger partial charge in [-0.3, -0.25) is 0 Å². The van der Waals surface area contributed by atoms with E-state index in [9.17, 15) is 0 Å². The van der Waals surface area contributed by atoms with Crippen LogP contribution in [-0.4, -0.2) is 51.1 Å². The highest BCUT2D eigenvalue weighted by molar-refractivity contribution is 4.78. The predicted octanol–water partition coefficient (Wildman–Crippen LogP) is 0.912. The topological polar surface area (TPSA) is 42.5 Å². The molecule has 0 radical (unpaired) electrons. The molecule has 2 saturated heterocycles. The first-order valence-electron chi connectivity index (χ1n) is 7.00. The molecule has 3 atom stereocenters. The molecule has 0 aliphatic carbocycles. The van der Waals surface area contributed by atoms with Gasteiger partial charge in [-0.25, -0.2) is 0 Å². The molecule has 2 rings (SSSR count). The van der Waals surface area contributed by atoms with Crippen molar-refractivity contribution in [3.05, 3.63) is 0 Å². The lowest BCUT2D eigenvalue weighted by atomic mass is 9.99. The minimum atomic E-state index is 0.241. The average molecular weight is 242 g/mol. The number of hydrogen-bond donors (Lipinski definition) is 2. The number of ether oxygens (including phenoxy) is 2. The van der Waals surface area contributed by atoms with Gasteiger partial charge in [-0.2, -0.15) is 0 Å². The fourth-order valence-corrected chi connectivity index (χ4v) is 2.62. The maximum atomic E-state index is 5.62. The van der Waals surface area contributed by atoms with Crippen LogP contribution in [0, 0.1) is 0 Å². The van der Waals surface area contributed by atoms with Crippen LogP contribution in [0.1, 0.15) is 32.6 Å². The Labute approximate surface area is 104 Å². The van der Waals surface area contributed by atoms with Crippen LogP contribution in [0.4, 0.5) is 0 Å². The molecule has 2 aliphatic heterocycles. The zero-order chi connectivity index (χ0) is 11.9. The Morgan fingerprint density at radius 3 is 3.00 bits per heavy atom. The first kappa shape index (κ1) is 13.3. The molecule has 4 heteroatoms. The van der Waals surface area contributed by atoms with Crippen LogP contribution < -0.4 is 10.6 Å². The average Bonchev–Trinajstić information content (AvgIpc) is 2.39. The highest BCUT2D eigenvalue weighted by atomic mass is 16.6. The van der Waals surface area contributed by atoms with E-state index < -0.39 is 0 Å². The Bertz CT molecular complexity index is 202. The van der Waals surface area contributed by atoms with Crippen molar-refractivity contribution in [2.45, 2.75) is 50.8 Å². The summed E-state index contributed by atoms with van der Waals surface area (Å²) in [5.74, 6) is 0. The van der Waals surface area contributed by atoms with Gasteiger partial charge in [0.25, 0.3) is 0 Å². The molecule has 0 aromatic carbocycles. The second kappa shape index (κ2) is 7.31. The molecule has 0 aromatic heterocycles. The fourth-order valence-electron chi connectivity index (χ4n) is 2.62. The summed E-state index contributed by atoms with van der Waals surface area (Å²) >= 11 is 0. The maximum Gasteiger partial charge on any atom is 0.0933 e. The van der Waals surface area contributed by atoms with E-state index in [1.54, 1.807) is 0 Å². The second-order valence-electron chi connectivity index (χ2n) is 5.26. The van der Waals surface area contributed by atoms with E-state index in [1.807, 2.05) is 0 Å². The molecule has 0 bridgehead atoms. The molecule has 2 fully saturated rings. The minimum Gasteiger partial charge on any atom is -0.376 e. The highest BCUT2D eigenvalue weighted by Crippen LogP contribution is 2.12. The van der Waals surface area contributed by atoms with Crippen molar-refractivity contribution in [2.75, 3.05) is 32.9 Å². The lowest BCUT2D eigenvalue weighted by Gasteiger charge is -2.28. The van der Waals surface area contributed by atoms with Gasteiger partial charge in [-0.05, 0) is 32.7 Å². The summed E-state index contributed by atoms with van der Waals surface area (Å²) in [4.78, 5) is 0. The van der Waals surface area contributed by atoms with Crippen LogP contribution in [0.2, 0.25) is 0 Å². The van der Waals surface area contributed by atoms with Gasteiger partial charge in [-0.1, -0.05) is 6.42 Å². The summed E-state index contributed by atoms with van der Waals surface area (Å²) in [6.07, 6.45) is 5.50. The van der Waals surface area contributed by atoms with Gasteiger partial charge in [0.2, 0.25) is 0 Å². The molecule has 0 spiro atoms. The van der Waals surface area contributed by atoms with Crippen molar-refractivity contribution in [1.82, 2.24) is 10.6 Å². The van der Waals surface area contributed by atoms with Gasteiger partial charge >= 0.3 is 0 Å². The van der Waals surface area contributed by atoms with Crippen LogP contribution in [0.15, 0.2) is 0 Å². The molecule has 3 unspecified atom stereocenters. The first-order valence-corrected chi connectivity index (χ1v) is 7.00. The summed E-state index contributed by atoms with van der Waals surface area (Å²) in [5.41, 5.74) is 0. The summed E-state index contributed by atoms with van der Waals surface area (Å²) in [5, 5.41) is 7.15. The summed E-state index contributed by atoms with van der Waals surface area (Å²) in [6.45, 7) is 6.59. The van der Waals surface area contributed by atoms with Gasteiger partial charge in [0.1, 0.15) is 0 Å². The number of hydrogen-bond acceptors (Lipinski definition) is 4. The Hall–Kier alpha value is -0.160. The fraction of sp³-hybridized carbons (Fsp3) is 1.00. The molecule has 2 N–H and O–H groups in total. The third-order valence-corrected chi connectivity index (χ3v) is 3.63. The Balaban J connectivity index is 1.57. The summed E-state index contributed by atoms with van der Waals surface area (Å²) < 4.78 is 11.0. The predicted molar refractivity (Wildman–Crippen MR) is 68.3 cm³/mol. The van der Waals surface area contributed by atoms with E-state index in [0.717, 1.165) is 26.4 Å². The van der Waals surface area contributed by atoms with Crippen molar-refractivity contribution in [1.29, 1.82) is 0 Å². The molecular weight excluding hydrogens is 216 g/mol. The standard InChI is InChI=1S/C13H26N2O2/c1-11(8-12-4-2-3-5-14-12)15-9-13-10-16-6-7-17-13/h11-15H,2-10H2,1H3. The van der Waals surface area contributed by atoms with Crippen molar-refractivity contribution in [3.63, 3.8) is 0 Å². The molecule has 0 saturated carbocycles. The van der Waals surface area contributed by atoms with Crippen LogP contribution in [0.25, 0.3) is 0 Å². The Kier molecular flexibility index (Phi) is 5.71. The zero-order valence-electron chi connectivity index (χ0n) is 10.9. The number of nitrogens with one attached hydrogen (secondary N) is 2.